The van der Waals surface area contributed by atoms with Gasteiger partial charge in [-0.05, 0) is 18.1 Å². The van der Waals surface area contributed by atoms with Crippen molar-refractivity contribution in [2.75, 3.05) is 0 Å². The van der Waals surface area contributed by atoms with Crippen molar-refractivity contribution < 1.29 is 18.3 Å². The Bertz CT molecular complexity index is 712. The lowest BCUT2D eigenvalue weighted by molar-refractivity contribution is 0.146. The molecule has 0 aliphatic heterocycles. The van der Waals surface area contributed by atoms with Crippen LogP contribution in [0.1, 0.15) is 31.3 Å². The van der Waals surface area contributed by atoms with Crippen LogP contribution in [0, 0.1) is 11.6 Å². The van der Waals surface area contributed by atoms with Gasteiger partial charge in [-0.1, -0.05) is 25.6 Å². The predicted molar refractivity (Wildman–Crippen MR) is 82.2 cm³/mol. The molecule has 2 N–H and O–H groups in total. The summed E-state index contributed by atoms with van der Waals surface area (Å²) in [7, 11) is 1.79. The number of nitrogens with zero attached hydrogens (tertiary/aromatic N) is 2. The molecule has 0 radical (unpaired) electrons. The van der Waals surface area contributed by atoms with E-state index in [4.69, 9.17) is 10.5 Å². The predicted octanol–water partition coefficient (Wildman–Crippen LogP) is 3.57. The summed E-state index contributed by atoms with van der Waals surface area (Å²) in [4.78, 5) is 15.6. The molecule has 0 fully saturated rings. The number of ether oxygens (including phenoxy) is 1. The minimum atomic E-state index is -0.888. The van der Waals surface area contributed by atoms with Crippen molar-refractivity contribution in [3.05, 3.63) is 41.4 Å². The molecule has 23 heavy (non-hydrogen) atoms. The van der Waals surface area contributed by atoms with E-state index < -0.39 is 17.7 Å². The van der Waals surface area contributed by atoms with E-state index >= 15 is 0 Å². The number of carbonyl (C=O) groups excluding carboxylic acids is 1. The lowest BCUT2D eigenvalue weighted by Crippen LogP contribution is -2.14. The summed E-state index contributed by atoms with van der Waals surface area (Å²) in [6.45, 7) is 3.89. The van der Waals surface area contributed by atoms with E-state index in [9.17, 15) is 13.6 Å². The maximum atomic E-state index is 13.3. The van der Waals surface area contributed by atoms with Gasteiger partial charge in [0.2, 0.25) is 0 Å². The van der Waals surface area contributed by atoms with E-state index in [0.717, 1.165) is 23.5 Å². The van der Waals surface area contributed by atoms with Crippen LogP contribution in [0.25, 0.3) is 0 Å². The Hall–Kier alpha value is -2.09. The molecule has 1 amide bonds. The van der Waals surface area contributed by atoms with E-state index in [-0.39, 0.29) is 12.5 Å². The van der Waals surface area contributed by atoms with Crippen LogP contribution in [-0.4, -0.2) is 15.6 Å². The normalized spacial score (nSPS) is 11.0. The van der Waals surface area contributed by atoms with Gasteiger partial charge in [-0.15, -0.1) is 0 Å². The SMILES string of the molecule is CC(C)c1c(Sc2cc(F)cc(F)c2)nc(COC(N)=O)n1C. The van der Waals surface area contributed by atoms with E-state index in [0.29, 0.717) is 15.7 Å². The standard InChI is InChI=1S/C15H17F2N3O2S/c1-8(2)13-14(19-12(20(13)3)7-22-15(18)21)23-11-5-9(16)4-10(17)6-11/h4-6,8H,7H2,1-3H3,(H2,18,21). The zero-order valence-corrected chi connectivity index (χ0v) is 13.8. The van der Waals surface area contributed by atoms with Crippen LogP contribution < -0.4 is 5.73 Å². The average molecular weight is 341 g/mol. The van der Waals surface area contributed by atoms with Crippen LogP contribution in [0.3, 0.4) is 0 Å². The molecule has 0 saturated carbocycles. The molecule has 0 saturated heterocycles. The van der Waals surface area contributed by atoms with E-state index in [2.05, 4.69) is 4.98 Å². The molecule has 5 nitrogen and oxygen atoms in total. The first-order valence-electron chi connectivity index (χ1n) is 6.89. The lowest BCUT2D eigenvalue weighted by atomic mass is 10.1. The van der Waals surface area contributed by atoms with Crippen LogP contribution in [0.4, 0.5) is 13.6 Å². The largest absolute Gasteiger partial charge is 0.442 e. The molecular formula is C15H17F2N3O2S. The highest BCUT2D eigenvalue weighted by atomic mass is 32.2. The summed E-state index contributed by atoms with van der Waals surface area (Å²) in [5, 5.41) is 0.607. The number of amides is 1. The van der Waals surface area contributed by atoms with Crippen LogP contribution >= 0.6 is 11.8 Å². The molecule has 1 heterocycles. The van der Waals surface area contributed by atoms with E-state index in [1.807, 2.05) is 13.8 Å². The summed E-state index contributed by atoms with van der Waals surface area (Å²) < 4.78 is 33.2. The lowest BCUT2D eigenvalue weighted by Gasteiger charge is -2.10. The summed E-state index contributed by atoms with van der Waals surface area (Å²) in [5.41, 5.74) is 5.84. The smallest absolute Gasteiger partial charge is 0.404 e. The van der Waals surface area contributed by atoms with Crippen molar-refractivity contribution in [3.63, 3.8) is 0 Å². The fraction of sp³-hybridized carbons (Fsp3) is 0.333. The van der Waals surface area contributed by atoms with E-state index in [1.54, 1.807) is 11.6 Å². The fourth-order valence-corrected chi connectivity index (χ4v) is 3.40. The van der Waals surface area contributed by atoms with Gasteiger partial charge < -0.3 is 15.0 Å². The topological polar surface area (TPSA) is 70.1 Å². The highest BCUT2D eigenvalue weighted by Crippen LogP contribution is 2.34. The highest BCUT2D eigenvalue weighted by Gasteiger charge is 2.19. The van der Waals surface area contributed by atoms with E-state index in [1.165, 1.54) is 12.1 Å². The monoisotopic (exact) mass is 341 g/mol. The third-order valence-corrected chi connectivity index (χ3v) is 4.10. The second-order valence-corrected chi connectivity index (χ2v) is 6.31. The van der Waals surface area contributed by atoms with Crippen molar-refractivity contribution in [2.24, 2.45) is 12.8 Å². The second-order valence-electron chi connectivity index (χ2n) is 5.25. The molecule has 2 rings (SSSR count). The second kappa shape index (κ2) is 6.99. The average Bonchev–Trinajstić information content (AvgIpc) is 2.71. The summed E-state index contributed by atoms with van der Waals surface area (Å²) in [6, 6.07) is 3.30. The maximum Gasteiger partial charge on any atom is 0.404 e. The number of hydrogen-bond acceptors (Lipinski definition) is 4. The van der Waals surface area contributed by atoms with Gasteiger partial charge in [0.15, 0.2) is 6.61 Å². The summed E-state index contributed by atoms with van der Waals surface area (Å²) in [6.07, 6.45) is -0.888. The first-order chi connectivity index (χ1) is 10.8. The first kappa shape index (κ1) is 17.3. The molecule has 1 aromatic heterocycles. The molecule has 0 unspecified atom stereocenters. The number of rotatable bonds is 5. The maximum absolute atomic E-state index is 13.3. The zero-order chi connectivity index (χ0) is 17.1. The molecular weight excluding hydrogens is 324 g/mol. The number of halogens is 2. The molecule has 0 atom stereocenters. The number of carbonyl (C=O) groups is 1. The van der Waals surface area contributed by atoms with Gasteiger partial charge >= 0.3 is 6.09 Å². The van der Waals surface area contributed by atoms with Crippen LogP contribution in [0.5, 0.6) is 0 Å². The highest BCUT2D eigenvalue weighted by molar-refractivity contribution is 7.99. The molecule has 0 spiro atoms. The Morgan fingerprint density at radius 2 is 1.96 bits per heavy atom. The van der Waals surface area contributed by atoms with Gasteiger partial charge in [0.1, 0.15) is 22.5 Å². The number of primary amides is 1. The van der Waals surface area contributed by atoms with Gasteiger partial charge in [-0.3, -0.25) is 0 Å². The Morgan fingerprint density at radius 1 is 1.35 bits per heavy atom. The molecule has 8 heteroatoms. The van der Waals surface area contributed by atoms with Gasteiger partial charge in [0, 0.05) is 18.0 Å². The molecule has 2 aromatic rings. The number of nitrogens with two attached hydrogens (primary N) is 1. The Labute approximate surface area is 136 Å². The fourth-order valence-electron chi connectivity index (χ4n) is 2.21. The Balaban J connectivity index is 2.36. The Morgan fingerprint density at radius 3 is 2.48 bits per heavy atom. The third kappa shape index (κ3) is 4.22. The van der Waals surface area contributed by atoms with Crippen molar-refractivity contribution in [3.8, 4) is 0 Å². The zero-order valence-electron chi connectivity index (χ0n) is 13.0. The number of imidazole rings is 1. The van der Waals surface area contributed by atoms with Gasteiger partial charge in [0.05, 0.1) is 5.69 Å². The van der Waals surface area contributed by atoms with Gasteiger partial charge in [-0.2, -0.15) is 0 Å². The van der Waals surface area contributed by atoms with Crippen molar-refractivity contribution >= 4 is 17.9 Å². The van der Waals surface area contributed by atoms with Gasteiger partial charge in [0.25, 0.3) is 0 Å². The Kier molecular flexibility index (Phi) is 5.25. The number of hydrogen-bond donors (Lipinski definition) is 1. The first-order valence-corrected chi connectivity index (χ1v) is 7.71. The van der Waals surface area contributed by atoms with Crippen LogP contribution in [0.15, 0.2) is 28.1 Å². The minimum Gasteiger partial charge on any atom is -0.442 e. The van der Waals surface area contributed by atoms with Crippen molar-refractivity contribution in [2.45, 2.75) is 36.3 Å². The van der Waals surface area contributed by atoms with Crippen molar-refractivity contribution in [1.29, 1.82) is 0 Å². The van der Waals surface area contributed by atoms with Gasteiger partial charge in [-0.25, -0.2) is 18.6 Å². The molecule has 1 aromatic carbocycles. The molecule has 124 valence electrons. The third-order valence-electron chi connectivity index (χ3n) is 3.14. The summed E-state index contributed by atoms with van der Waals surface area (Å²) >= 11 is 1.16. The molecule has 0 aliphatic rings. The number of benzene rings is 1. The van der Waals surface area contributed by atoms with Crippen LogP contribution in [-0.2, 0) is 18.4 Å². The molecule has 0 aliphatic carbocycles. The number of aromatic nitrogens is 2. The van der Waals surface area contributed by atoms with Crippen molar-refractivity contribution in [1.82, 2.24) is 9.55 Å². The van der Waals surface area contributed by atoms with Crippen LogP contribution in [0.2, 0.25) is 0 Å². The quantitative estimate of drug-likeness (QED) is 0.902. The molecule has 0 bridgehead atoms. The minimum absolute atomic E-state index is 0.0658. The summed E-state index contributed by atoms with van der Waals surface area (Å²) in [5.74, 6) is -0.666.